The van der Waals surface area contributed by atoms with Crippen molar-refractivity contribution in [1.82, 2.24) is 5.32 Å². The Labute approximate surface area is 167 Å². The molecule has 0 aromatic rings. The molecule has 3 atom stereocenters. The second-order valence-corrected chi connectivity index (χ2v) is 7.29. The molecule has 0 bridgehead atoms. The maximum Gasteiger partial charge on any atom is 0.320 e. The number of carbonyl (C=O) groups excluding carboxylic acids is 2. The van der Waals surface area contributed by atoms with E-state index < -0.39 is 24.1 Å². The molecule has 1 amide bonds. The fraction of sp³-hybridized carbons (Fsp3) is 0.842. The number of hydrogen-bond donors (Lipinski definition) is 6. The van der Waals surface area contributed by atoms with Gasteiger partial charge in [0, 0.05) is 13.0 Å². The van der Waals surface area contributed by atoms with Crippen LogP contribution in [0.4, 0.5) is 0 Å². The molecular weight excluding hydrogens is 362 g/mol. The van der Waals surface area contributed by atoms with E-state index in [1.807, 2.05) is 0 Å². The predicted octanol–water partition coefficient (Wildman–Crippen LogP) is -0.0120. The van der Waals surface area contributed by atoms with Crippen molar-refractivity contribution in [3.63, 3.8) is 0 Å². The third-order valence-electron chi connectivity index (χ3n) is 4.72. The van der Waals surface area contributed by atoms with Gasteiger partial charge in [-0.25, -0.2) is 0 Å². The first kappa shape index (κ1) is 26.4. The highest BCUT2D eigenvalue weighted by molar-refractivity contribution is 5.83. The summed E-state index contributed by atoms with van der Waals surface area (Å²) < 4.78 is 0. The van der Waals surface area contributed by atoms with Crippen molar-refractivity contribution in [2.45, 2.75) is 88.8 Å². The summed E-state index contributed by atoms with van der Waals surface area (Å²) >= 11 is 0. The van der Waals surface area contributed by atoms with E-state index in [1.165, 1.54) is 0 Å². The van der Waals surface area contributed by atoms with E-state index in [1.54, 1.807) is 0 Å². The smallest absolute Gasteiger partial charge is 0.320 e. The van der Waals surface area contributed by atoms with Gasteiger partial charge in [-0.2, -0.15) is 0 Å². The normalized spacial score (nSPS) is 14.3. The summed E-state index contributed by atoms with van der Waals surface area (Å²) in [6.07, 6.45) is 7.50. The molecular formula is C19H39N5O4. The Morgan fingerprint density at radius 2 is 1.32 bits per heavy atom. The number of nitrogens with two attached hydrogens (primary N) is 4. The summed E-state index contributed by atoms with van der Waals surface area (Å²) in [4.78, 5) is 34.4. The summed E-state index contributed by atoms with van der Waals surface area (Å²) in [7, 11) is 0. The SMILES string of the molecule is NCCCC[C@H](N)C(=O)CCCCC[C@H](N)C(=O)NCCCC[C@H](N)C(=O)O. The topological polar surface area (TPSA) is 188 Å². The Morgan fingerprint density at radius 1 is 0.750 bits per heavy atom. The lowest BCUT2D eigenvalue weighted by atomic mass is 10.0. The van der Waals surface area contributed by atoms with Gasteiger partial charge in [0.25, 0.3) is 0 Å². The van der Waals surface area contributed by atoms with E-state index in [0.29, 0.717) is 51.6 Å². The first-order valence-corrected chi connectivity index (χ1v) is 10.3. The van der Waals surface area contributed by atoms with Crippen molar-refractivity contribution in [3.8, 4) is 0 Å². The average molecular weight is 402 g/mol. The van der Waals surface area contributed by atoms with Gasteiger partial charge in [0.2, 0.25) is 5.91 Å². The molecule has 0 unspecified atom stereocenters. The molecule has 0 fully saturated rings. The lowest BCUT2D eigenvalue weighted by Gasteiger charge is -2.13. The molecule has 0 aliphatic heterocycles. The van der Waals surface area contributed by atoms with Crippen molar-refractivity contribution >= 4 is 17.7 Å². The molecule has 0 aromatic heterocycles. The quantitative estimate of drug-likeness (QED) is 0.173. The van der Waals surface area contributed by atoms with Crippen LogP contribution in [-0.2, 0) is 14.4 Å². The fourth-order valence-corrected chi connectivity index (χ4v) is 2.78. The fourth-order valence-electron chi connectivity index (χ4n) is 2.78. The van der Waals surface area contributed by atoms with E-state index in [0.717, 1.165) is 32.1 Å². The molecule has 0 rings (SSSR count). The number of aliphatic carboxylic acids is 1. The van der Waals surface area contributed by atoms with Crippen molar-refractivity contribution < 1.29 is 19.5 Å². The van der Waals surface area contributed by atoms with E-state index in [2.05, 4.69) is 5.32 Å². The van der Waals surface area contributed by atoms with Gasteiger partial charge in [-0.3, -0.25) is 14.4 Å². The van der Waals surface area contributed by atoms with Crippen molar-refractivity contribution in [1.29, 1.82) is 0 Å². The molecule has 0 aliphatic rings. The van der Waals surface area contributed by atoms with E-state index in [-0.39, 0.29) is 11.7 Å². The zero-order valence-electron chi connectivity index (χ0n) is 16.9. The summed E-state index contributed by atoms with van der Waals surface area (Å²) in [5, 5.41) is 11.4. The summed E-state index contributed by atoms with van der Waals surface area (Å²) in [5.41, 5.74) is 22.6. The number of carboxylic acid groups (broad SMARTS) is 1. The molecule has 0 aromatic carbocycles. The van der Waals surface area contributed by atoms with Crippen molar-refractivity contribution in [2.75, 3.05) is 13.1 Å². The zero-order valence-corrected chi connectivity index (χ0v) is 16.9. The summed E-state index contributed by atoms with van der Waals surface area (Å²) in [5.74, 6) is -1.14. The van der Waals surface area contributed by atoms with Crippen LogP contribution in [0.5, 0.6) is 0 Å². The maximum atomic E-state index is 11.9. The molecule has 10 N–H and O–H groups in total. The Balaban J connectivity index is 3.69. The van der Waals surface area contributed by atoms with Crippen LogP contribution in [0.15, 0.2) is 0 Å². The zero-order chi connectivity index (χ0) is 21.4. The Bertz CT molecular complexity index is 462. The Kier molecular flexibility index (Phi) is 15.5. The number of Topliss-reactive ketones (excluding diaryl/α,β-unsaturated/α-hetero) is 1. The lowest BCUT2D eigenvalue weighted by molar-refractivity contribution is -0.138. The van der Waals surface area contributed by atoms with Gasteiger partial charge in [0.1, 0.15) is 11.8 Å². The Morgan fingerprint density at radius 3 is 1.96 bits per heavy atom. The van der Waals surface area contributed by atoms with Crippen LogP contribution in [0.1, 0.15) is 70.6 Å². The van der Waals surface area contributed by atoms with Crippen LogP contribution in [0.2, 0.25) is 0 Å². The number of amides is 1. The molecule has 9 heteroatoms. The van der Waals surface area contributed by atoms with Gasteiger partial charge in [-0.15, -0.1) is 0 Å². The van der Waals surface area contributed by atoms with Crippen LogP contribution in [0, 0.1) is 0 Å². The van der Waals surface area contributed by atoms with Crippen LogP contribution < -0.4 is 28.3 Å². The standard InChI is InChI=1S/C19H39N5O4/c20-12-6-4-8-14(21)17(25)11-3-1-2-9-15(22)18(26)24-13-7-5-10-16(23)19(27)28/h14-16H,1-13,20-23H2,(H,24,26)(H,27,28)/t14-,15-,16-/m0/s1. The third kappa shape index (κ3) is 13.6. The highest BCUT2D eigenvalue weighted by Gasteiger charge is 2.15. The number of ketones is 1. The molecule has 9 nitrogen and oxygen atoms in total. The largest absolute Gasteiger partial charge is 0.480 e. The highest BCUT2D eigenvalue weighted by atomic mass is 16.4. The van der Waals surface area contributed by atoms with E-state index in [4.69, 9.17) is 28.0 Å². The molecule has 0 spiro atoms. The summed E-state index contributed by atoms with van der Waals surface area (Å²) in [6.45, 7) is 1.07. The van der Waals surface area contributed by atoms with Crippen LogP contribution >= 0.6 is 0 Å². The van der Waals surface area contributed by atoms with Crippen molar-refractivity contribution in [3.05, 3.63) is 0 Å². The molecule has 0 saturated carbocycles. The van der Waals surface area contributed by atoms with Gasteiger partial charge < -0.3 is 33.4 Å². The number of rotatable bonds is 18. The van der Waals surface area contributed by atoms with Crippen LogP contribution in [0.3, 0.4) is 0 Å². The second-order valence-electron chi connectivity index (χ2n) is 7.29. The third-order valence-corrected chi connectivity index (χ3v) is 4.72. The minimum absolute atomic E-state index is 0.0849. The van der Waals surface area contributed by atoms with Gasteiger partial charge in [-0.05, 0) is 51.5 Å². The first-order valence-electron chi connectivity index (χ1n) is 10.3. The minimum Gasteiger partial charge on any atom is -0.480 e. The second kappa shape index (κ2) is 16.4. The van der Waals surface area contributed by atoms with Gasteiger partial charge >= 0.3 is 5.97 Å². The molecule has 0 heterocycles. The number of nitrogens with one attached hydrogen (secondary N) is 1. The van der Waals surface area contributed by atoms with Crippen molar-refractivity contribution in [2.24, 2.45) is 22.9 Å². The first-order chi connectivity index (χ1) is 13.3. The number of unbranched alkanes of at least 4 members (excludes halogenated alkanes) is 4. The lowest BCUT2D eigenvalue weighted by Crippen LogP contribution is -2.41. The summed E-state index contributed by atoms with van der Waals surface area (Å²) in [6, 6.07) is -1.83. The molecule has 0 aliphatic carbocycles. The number of hydrogen-bond acceptors (Lipinski definition) is 7. The maximum absolute atomic E-state index is 11.9. The predicted molar refractivity (Wildman–Crippen MR) is 109 cm³/mol. The van der Waals surface area contributed by atoms with Gasteiger partial charge in [-0.1, -0.05) is 19.3 Å². The van der Waals surface area contributed by atoms with Gasteiger partial charge in [0.15, 0.2) is 0 Å². The van der Waals surface area contributed by atoms with E-state index in [9.17, 15) is 14.4 Å². The number of carboxylic acids is 1. The van der Waals surface area contributed by atoms with Gasteiger partial charge in [0.05, 0.1) is 12.1 Å². The number of carbonyl (C=O) groups is 3. The Hall–Kier alpha value is -1.55. The molecule has 28 heavy (non-hydrogen) atoms. The monoisotopic (exact) mass is 401 g/mol. The highest BCUT2D eigenvalue weighted by Crippen LogP contribution is 2.09. The van der Waals surface area contributed by atoms with Crippen LogP contribution in [0.25, 0.3) is 0 Å². The molecule has 164 valence electrons. The minimum atomic E-state index is -1.01. The molecule has 0 saturated heterocycles. The molecule has 0 radical (unpaired) electrons. The van der Waals surface area contributed by atoms with Crippen LogP contribution in [-0.4, -0.2) is 54.0 Å². The van der Waals surface area contributed by atoms with E-state index >= 15 is 0 Å². The average Bonchev–Trinajstić information content (AvgIpc) is 2.66.